The summed E-state index contributed by atoms with van der Waals surface area (Å²) in [5.74, 6) is -1.50. The van der Waals surface area contributed by atoms with E-state index in [1.165, 1.54) is 6.07 Å². The predicted molar refractivity (Wildman–Crippen MR) is 102 cm³/mol. The van der Waals surface area contributed by atoms with Crippen LogP contribution in [-0.4, -0.2) is 26.4 Å². The third kappa shape index (κ3) is 3.02. The Morgan fingerprint density at radius 2 is 1.48 bits per heavy atom. The molecular formula is C20H17N4O5-. The molecule has 0 amide bonds. The van der Waals surface area contributed by atoms with Gasteiger partial charge >= 0.3 is 0 Å². The third-order valence-corrected chi connectivity index (χ3v) is 4.93. The van der Waals surface area contributed by atoms with Gasteiger partial charge in [-0.3, -0.25) is 19.8 Å². The minimum Gasteiger partial charge on any atom is -0.545 e. The number of carbonyl (C=O) groups is 1. The van der Waals surface area contributed by atoms with Crippen LogP contribution in [0.25, 0.3) is 11.3 Å². The third-order valence-electron chi connectivity index (χ3n) is 4.93. The zero-order valence-corrected chi connectivity index (χ0v) is 15.6. The molecule has 29 heavy (non-hydrogen) atoms. The molecule has 4 rings (SSSR count). The molecule has 0 aliphatic rings. The SMILES string of the molecule is Cc1[nH][nH]c(=O)c1C(c1ccc(-c2ccccc2C(=O)[O-])o1)c1c(C)[nH][nH]c1=O. The van der Waals surface area contributed by atoms with Crippen LogP contribution in [0.5, 0.6) is 0 Å². The van der Waals surface area contributed by atoms with Crippen molar-refractivity contribution in [1.29, 1.82) is 0 Å². The number of aromatic amines is 4. The van der Waals surface area contributed by atoms with E-state index in [0.29, 0.717) is 39.6 Å². The van der Waals surface area contributed by atoms with Gasteiger partial charge in [-0.2, -0.15) is 0 Å². The maximum Gasteiger partial charge on any atom is 0.268 e. The average Bonchev–Trinajstić information content (AvgIpc) is 3.39. The molecule has 0 bridgehead atoms. The first kappa shape index (κ1) is 18.4. The van der Waals surface area contributed by atoms with Crippen molar-refractivity contribution < 1.29 is 14.3 Å². The molecule has 4 aromatic rings. The summed E-state index contributed by atoms with van der Waals surface area (Å²) in [6.45, 7) is 3.43. The topological polar surface area (TPSA) is 151 Å². The Hall–Kier alpha value is -4.01. The molecule has 1 aromatic carbocycles. The van der Waals surface area contributed by atoms with Crippen LogP contribution < -0.4 is 16.2 Å². The number of aromatic nitrogens is 4. The first-order chi connectivity index (χ1) is 13.9. The van der Waals surface area contributed by atoms with E-state index >= 15 is 0 Å². The van der Waals surface area contributed by atoms with Crippen molar-refractivity contribution in [3.63, 3.8) is 0 Å². The molecular weight excluding hydrogens is 376 g/mol. The number of carboxylic acids is 1. The summed E-state index contributed by atoms with van der Waals surface area (Å²) >= 11 is 0. The second-order valence-corrected chi connectivity index (χ2v) is 6.70. The molecule has 0 unspecified atom stereocenters. The van der Waals surface area contributed by atoms with Crippen LogP contribution in [0.3, 0.4) is 0 Å². The molecule has 0 saturated carbocycles. The zero-order valence-electron chi connectivity index (χ0n) is 15.6. The Kier molecular flexibility index (Phi) is 4.34. The van der Waals surface area contributed by atoms with Crippen LogP contribution in [-0.2, 0) is 0 Å². The minimum atomic E-state index is -1.33. The molecule has 0 spiro atoms. The van der Waals surface area contributed by atoms with Gasteiger partial charge in [-0.25, -0.2) is 0 Å². The molecule has 0 saturated heterocycles. The summed E-state index contributed by atoms with van der Waals surface area (Å²) in [5.41, 5.74) is 1.38. The lowest BCUT2D eigenvalue weighted by Crippen LogP contribution is -2.22. The van der Waals surface area contributed by atoms with Crippen molar-refractivity contribution in [2.45, 2.75) is 19.8 Å². The predicted octanol–water partition coefficient (Wildman–Crippen LogP) is 1.14. The first-order valence-electron chi connectivity index (χ1n) is 8.83. The number of nitrogens with one attached hydrogen (secondary N) is 4. The molecule has 0 aliphatic heterocycles. The molecule has 3 heterocycles. The number of carboxylic acid groups (broad SMARTS) is 1. The van der Waals surface area contributed by atoms with Crippen LogP contribution in [0.1, 0.15) is 44.6 Å². The van der Waals surface area contributed by atoms with Gasteiger partial charge in [0.1, 0.15) is 11.5 Å². The van der Waals surface area contributed by atoms with Gasteiger partial charge in [-0.15, -0.1) is 0 Å². The molecule has 9 nitrogen and oxygen atoms in total. The molecule has 148 valence electrons. The highest BCUT2D eigenvalue weighted by atomic mass is 16.4. The van der Waals surface area contributed by atoms with E-state index in [1.54, 1.807) is 44.2 Å². The van der Waals surface area contributed by atoms with E-state index in [9.17, 15) is 19.5 Å². The number of hydrogen-bond donors (Lipinski definition) is 4. The van der Waals surface area contributed by atoms with Crippen molar-refractivity contribution in [2.24, 2.45) is 0 Å². The second kappa shape index (κ2) is 6.86. The standard InChI is InChI=1S/C20H18N4O5/c1-9-15(18(25)23-21-9)17(16-10(2)22-24-19(16)26)14-8-7-13(29-14)11-5-3-4-6-12(11)20(27)28/h3-8,17H,1-2H3,(H,27,28)(H2,21,23,25)(H2,22,24,26)/p-1. The quantitative estimate of drug-likeness (QED) is 0.401. The van der Waals surface area contributed by atoms with Crippen LogP contribution in [0.2, 0.25) is 0 Å². The average molecular weight is 393 g/mol. The van der Waals surface area contributed by atoms with Gasteiger partial charge in [-0.05, 0) is 26.0 Å². The number of carbonyl (C=O) groups excluding carboxylic acids is 1. The summed E-state index contributed by atoms with van der Waals surface area (Å²) < 4.78 is 5.97. The van der Waals surface area contributed by atoms with E-state index in [0.717, 1.165) is 0 Å². The Labute approximate surface area is 163 Å². The molecule has 0 fully saturated rings. The van der Waals surface area contributed by atoms with E-state index in [4.69, 9.17) is 4.42 Å². The van der Waals surface area contributed by atoms with E-state index < -0.39 is 11.9 Å². The van der Waals surface area contributed by atoms with Crippen LogP contribution in [0.4, 0.5) is 0 Å². The van der Waals surface area contributed by atoms with E-state index in [1.807, 2.05) is 0 Å². The van der Waals surface area contributed by atoms with Crippen LogP contribution >= 0.6 is 0 Å². The van der Waals surface area contributed by atoms with Crippen molar-refractivity contribution in [3.8, 4) is 11.3 Å². The number of rotatable bonds is 5. The largest absolute Gasteiger partial charge is 0.545 e. The van der Waals surface area contributed by atoms with Gasteiger partial charge in [-0.1, -0.05) is 24.3 Å². The summed E-state index contributed by atoms with van der Waals surface area (Å²) in [5, 5.41) is 22.0. The summed E-state index contributed by atoms with van der Waals surface area (Å²) in [4.78, 5) is 36.3. The maximum absolute atomic E-state index is 12.5. The summed E-state index contributed by atoms with van der Waals surface area (Å²) in [6.07, 6.45) is 0. The molecule has 3 aromatic heterocycles. The number of aromatic carboxylic acids is 1. The van der Waals surface area contributed by atoms with Gasteiger partial charge in [0.2, 0.25) is 0 Å². The number of furan rings is 1. The van der Waals surface area contributed by atoms with Crippen molar-refractivity contribution in [1.82, 2.24) is 20.4 Å². The number of hydrogen-bond acceptors (Lipinski definition) is 5. The lowest BCUT2D eigenvalue weighted by atomic mass is 9.89. The van der Waals surface area contributed by atoms with E-state index in [-0.39, 0.29) is 16.7 Å². The number of aryl methyl sites for hydroxylation is 2. The molecule has 0 radical (unpaired) electrons. The smallest absolute Gasteiger partial charge is 0.268 e. The minimum absolute atomic E-state index is 0.0173. The fourth-order valence-corrected chi connectivity index (χ4v) is 3.56. The zero-order chi connectivity index (χ0) is 20.7. The van der Waals surface area contributed by atoms with Gasteiger partial charge in [0.25, 0.3) is 11.1 Å². The Bertz CT molecular complexity index is 1260. The fourth-order valence-electron chi connectivity index (χ4n) is 3.56. The molecule has 0 atom stereocenters. The lowest BCUT2D eigenvalue weighted by molar-refractivity contribution is -0.254. The monoisotopic (exact) mass is 393 g/mol. The Balaban J connectivity index is 1.92. The molecule has 4 N–H and O–H groups in total. The van der Waals surface area contributed by atoms with Crippen LogP contribution in [0.15, 0.2) is 50.4 Å². The highest BCUT2D eigenvalue weighted by molar-refractivity contribution is 5.93. The molecule has 9 heteroatoms. The lowest BCUT2D eigenvalue weighted by Gasteiger charge is -2.13. The Morgan fingerprint density at radius 1 is 0.897 bits per heavy atom. The maximum atomic E-state index is 12.5. The second-order valence-electron chi connectivity index (χ2n) is 6.70. The van der Waals surface area contributed by atoms with Gasteiger partial charge in [0, 0.05) is 22.5 Å². The number of H-pyrrole nitrogens is 4. The van der Waals surface area contributed by atoms with Gasteiger partial charge in [0.05, 0.1) is 23.0 Å². The van der Waals surface area contributed by atoms with Crippen LogP contribution in [0, 0.1) is 13.8 Å². The van der Waals surface area contributed by atoms with Crippen molar-refractivity contribution in [3.05, 3.63) is 90.9 Å². The van der Waals surface area contributed by atoms with Crippen molar-refractivity contribution >= 4 is 5.97 Å². The normalized spacial score (nSPS) is 11.3. The first-order valence-corrected chi connectivity index (χ1v) is 8.83. The summed E-state index contributed by atoms with van der Waals surface area (Å²) in [6, 6.07) is 9.54. The van der Waals surface area contributed by atoms with Gasteiger partial charge < -0.3 is 24.5 Å². The Morgan fingerprint density at radius 3 is 2.00 bits per heavy atom. The highest BCUT2D eigenvalue weighted by Crippen LogP contribution is 2.35. The molecule has 0 aliphatic carbocycles. The number of benzene rings is 1. The summed E-state index contributed by atoms with van der Waals surface area (Å²) in [7, 11) is 0. The fraction of sp³-hybridized carbons (Fsp3) is 0.150. The van der Waals surface area contributed by atoms with E-state index in [2.05, 4.69) is 20.4 Å². The van der Waals surface area contributed by atoms with Crippen molar-refractivity contribution in [2.75, 3.05) is 0 Å². The highest BCUT2D eigenvalue weighted by Gasteiger charge is 2.30. The van der Waals surface area contributed by atoms with Gasteiger partial charge in [0.15, 0.2) is 0 Å².